The summed E-state index contributed by atoms with van der Waals surface area (Å²) in [6.45, 7) is 0. The lowest BCUT2D eigenvalue weighted by Crippen LogP contribution is -2.39. The predicted molar refractivity (Wildman–Crippen MR) is 107 cm³/mol. The van der Waals surface area contributed by atoms with E-state index in [9.17, 15) is 14.4 Å². The van der Waals surface area contributed by atoms with Gasteiger partial charge in [-0.15, -0.1) is 0 Å². The summed E-state index contributed by atoms with van der Waals surface area (Å²) in [5.74, 6) is -2.85. The number of anilines is 2. The van der Waals surface area contributed by atoms with Gasteiger partial charge in [0.15, 0.2) is 5.71 Å². The number of methoxy groups -OCH3 is 1. The normalized spacial score (nSPS) is 21.0. The molecule has 0 spiro atoms. The predicted octanol–water partition coefficient (Wildman–Crippen LogP) is 3.01. The molecule has 2 aromatic rings. The molecule has 0 radical (unpaired) electrons. The second-order valence-electron chi connectivity index (χ2n) is 6.18. The standard InChI is InChI=1S/C19H13BrClN3O4/c1-28-19(27)15-14-16(24(22-15)13-5-3-2-4-12(13)21)18(26)23(17(14)25)11-8-6-10(20)7-9-11/h2-9,14,16H,1H3/t14-,16-/m0/s1. The van der Waals surface area contributed by atoms with Gasteiger partial charge in [0, 0.05) is 4.47 Å². The van der Waals surface area contributed by atoms with Crippen LogP contribution in [0.2, 0.25) is 5.02 Å². The smallest absolute Gasteiger partial charge is 0.355 e. The fraction of sp³-hybridized carbons (Fsp3) is 0.158. The van der Waals surface area contributed by atoms with Gasteiger partial charge in [-0.1, -0.05) is 39.7 Å². The molecular formula is C19H13BrClN3O4. The van der Waals surface area contributed by atoms with Crippen molar-refractivity contribution in [2.75, 3.05) is 17.0 Å². The van der Waals surface area contributed by atoms with Gasteiger partial charge in [-0.05, 0) is 36.4 Å². The molecule has 0 aliphatic carbocycles. The summed E-state index contributed by atoms with van der Waals surface area (Å²) < 4.78 is 5.59. The van der Waals surface area contributed by atoms with Crippen LogP contribution in [0.1, 0.15) is 0 Å². The van der Waals surface area contributed by atoms with Crippen LogP contribution in [0.25, 0.3) is 0 Å². The van der Waals surface area contributed by atoms with E-state index in [1.807, 2.05) is 0 Å². The highest BCUT2D eigenvalue weighted by Crippen LogP contribution is 2.40. The summed E-state index contributed by atoms with van der Waals surface area (Å²) in [4.78, 5) is 39.7. The number of para-hydroxylation sites is 1. The van der Waals surface area contributed by atoms with Crippen LogP contribution in [-0.2, 0) is 19.1 Å². The van der Waals surface area contributed by atoms with Crippen LogP contribution in [0.15, 0.2) is 58.1 Å². The molecule has 0 saturated carbocycles. The lowest BCUT2D eigenvalue weighted by atomic mass is 9.98. The van der Waals surface area contributed by atoms with Crippen molar-refractivity contribution in [3.8, 4) is 0 Å². The first-order valence-corrected chi connectivity index (χ1v) is 9.45. The van der Waals surface area contributed by atoms with Crippen LogP contribution in [0, 0.1) is 5.92 Å². The van der Waals surface area contributed by atoms with Crippen molar-refractivity contribution in [3.05, 3.63) is 58.0 Å². The Hall–Kier alpha value is -2.71. The van der Waals surface area contributed by atoms with Gasteiger partial charge in [-0.3, -0.25) is 9.59 Å². The summed E-state index contributed by atoms with van der Waals surface area (Å²) >= 11 is 9.60. The lowest BCUT2D eigenvalue weighted by molar-refractivity contribution is -0.133. The highest BCUT2D eigenvalue weighted by atomic mass is 79.9. The fourth-order valence-corrected chi connectivity index (χ4v) is 3.86. The van der Waals surface area contributed by atoms with Crippen molar-refractivity contribution >= 4 is 62.4 Å². The van der Waals surface area contributed by atoms with E-state index in [2.05, 4.69) is 21.0 Å². The van der Waals surface area contributed by atoms with Crippen molar-refractivity contribution in [3.63, 3.8) is 0 Å². The largest absolute Gasteiger partial charge is 0.464 e. The molecule has 0 unspecified atom stereocenters. The Labute approximate surface area is 173 Å². The van der Waals surface area contributed by atoms with Gasteiger partial charge < -0.3 is 4.74 Å². The minimum absolute atomic E-state index is 0.120. The minimum Gasteiger partial charge on any atom is -0.464 e. The quantitative estimate of drug-likeness (QED) is 0.517. The Bertz CT molecular complexity index is 1020. The summed E-state index contributed by atoms with van der Waals surface area (Å²) in [6.07, 6.45) is 0. The number of nitrogens with zero attached hydrogens (tertiary/aromatic N) is 3. The fourth-order valence-electron chi connectivity index (χ4n) is 3.37. The Kier molecular flexibility index (Phi) is 4.68. The molecule has 0 N–H and O–H groups in total. The van der Waals surface area contributed by atoms with E-state index < -0.39 is 29.7 Å². The second kappa shape index (κ2) is 7.03. The number of fused-ring (bicyclic) bond motifs is 1. The zero-order valence-electron chi connectivity index (χ0n) is 14.5. The van der Waals surface area contributed by atoms with Crippen molar-refractivity contribution in [1.82, 2.24) is 0 Å². The van der Waals surface area contributed by atoms with E-state index in [1.54, 1.807) is 48.5 Å². The number of carbonyl (C=O) groups is 3. The molecule has 2 heterocycles. The summed E-state index contributed by atoms with van der Waals surface area (Å²) in [7, 11) is 1.20. The van der Waals surface area contributed by atoms with E-state index in [0.29, 0.717) is 16.4 Å². The molecule has 2 aliphatic heterocycles. The van der Waals surface area contributed by atoms with E-state index >= 15 is 0 Å². The molecule has 0 aromatic heterocycles. The average Bonchev–Trinajstić information content (AvgIpc) is 3.20. The first-order valence-electron chi connectivity index (χ1n) is 8.28. The first-order chi connectivity index (χ1) is 13.4. The number of hydrogen-bond donors (Lipinski definition) is 0. The van der Waals surface area contributed by atoms with Crippen LogP contribution >= 0.6 is 27.5 Å². The number of carbonyl (C=O) groups excluding carboxylic acids is 3. The first kappa shape index (κ1) is 18.6. The van der Waals surface area contributed by atoms with Crippen molar-refractivity contribution in [2.24, 2.45) is 11.0 Å². The molecule has 28 heavy (non-hydrogen) atoms. The third kappa shape index (κ3) is 2.80. The molecule has 142 valence electrons. The van der Waals surface area contributed by atoms with Crippen LogP contribution in [0.4, 0.5) is 11.4 Å². The van der Waals surface area contributed by atoms with E-state index in [4.69, 9.17) is 16.3 Å². The summed E-state index contributed by atoms with van der Waals surface area (Å²) in [5.41, 5.74) is 0.721. The lowest BCUT2D eigenvalue weighted by Gasteiger charge is -2.22. The maximum atomic E-state index is 13.2. The number of rotatable bonds is 3. The third-order valence-corrected chi connectivity index (χ3v) is 5.48. The number of imide groups is 1. The van der Waals surface area contributed by atoms with Gasteiger partial charge in [0.05, 0.1) is 23.5 Å². The van der Waals surface area contributed by atoms with Crippen LogP contribution in [0.5, 0.6) is 0 Å². The minimum atomic E-state index is -1.07. The van der Waals surface area contributed by atoms with Crippen LogP contribution < -0.4 is 9.91 Å². The molecule has 2 aliphatic rings. The Balaban J connectivity index is 1.82. The van der Waals surface area contributed by atoms with E-state index in [-0.39, 0.29) is 5.71 Å². The van der Waals surface area contributed by atoms with Crippen molar-refractivity contribution < 1.29 is 19.1 Å². The molecule has 1 saturated heterocycles. The monoisotopic (exact) mass is 461 g/mol. The maximum absolute atomic E-state index is 13.2. The highest BCUT2D eigenvalue weighted by molar-refractivity contribution is 9.10. The number of hydrazone groups is 1. The number of halogens is 2. The highest BCUT2D eigenvalue weighted by Gasteiger charge is 2.59. The van der Waals surface area contributed by atoms with Gasteiger partial charge in [-0.25, -0.2) is 14.7 Å². The van der Waals surface area contributed by atoms with Gasteiger partial charge in [0.1, 0.15) is 12.0 Å². The molecule has 2 amide bonds. The number of amides is 2. The van der Waals surface area contributed by atoms with Crippen molar-refractivity contribution in [2.45, 2.75) is 6.04 Å². The summed E-state index contributed by atoms with van der Waals surface area (Å²) in [6, 6.07) is 12.5. The Morgan fingerprint density at radius 3 is 2.43 bits per heavy atom. The maximum Gasteiger partial charge on any atom is 0.355 e. The molecule has 4 rings (SSSR count). The number of esters is 1. The molecule has 1 fully saturated rings. The number of ether oxygens (including phenoxy) is 1. The third-order valence-electron chi connectivity index (χ3n) is 4.63. The van der Waals surface area contributed by atoms with Gasteiger partial charge in [0.2, 0.25) is 5.91 Å². The van der Waals surface area contributed by atoms with Crippen LogP contribution in [0.3, 0.4) is 0 Å². The van der Waals surface area contributed by atoms with E-state index in [0.717, 1.165) is 9.37 Å². The van der Waals surface area contributed by atoms with E-state index in [1.165, 1.54) is 12.1 Å². The zero-order valence-corrected chi connectivity index (χ0v) is 16.8. The van der Waals surface area contributed by atoms with Crippen LogP contribution in [-0.4, -0.2) is 36.6 Å². The van der Waals surface area contributed by atoms with Crippen molar-refractivity contribution in [1.29, 1.82) is 0 Å². The molecular weight excluding hydrogens is 450 g/mol. The zero-order chi connectivity index (χ0) is 20.0. The van der Waals surface area contributed by atoms with Gasteiger partial charge in [-0.2, -0.15) is 5.10 Å². The number of hydrogen-bond acceptors (Lipinski definition) is 6. The SMILES string of the molecule is COC(=O)C1=NN(c2ccccc2Cl)[C@@H]2C(=O)N(c3ccc(Br)cc3)C(=O)[C@@H]12. The molecule has 9 heteroatoms. The Morgan fingerprint density at radius 1 is 1.11 bits per heavy atom. The van der Waals surface area contributed by atoms with Gasteiger partial charge in [0.25, 0.3) is 5.91 Å². The topological polar surface area (TPSA) is 79.3 Å². The molecule has 0 bridgehead atoms. The number of benzene rings is 2. The second-order valence-corrected chi connectivity index (χ2v) is 7.51. The Morgan fingerprint density at radius 2 is 1.79 bits per heavy atom. The molecule has 2 aromatic carbocycles. The van der Waals surface area contributed by atoms with Gasteiger partial charge >= 0.3 is 5.97 Å². The molecule has 7 nitrogen and oxygen atoms in total. The molecule has 2 atom stereocenters. The summed E-state index contributed by atoms with van der Waals surface area (Å²) in [5, 5.41) is 5.91. The average molecular weight is 463 g/mol.